The highest BCUT2D eigenvalue weighted by atomic mass is 32.1. The highest BCUT2D eigenvalue weighted by Gasteiger charge is 2.16. The van der Waals surface area contributed by atoms with Gasteiger partial charge in [-0.05, 0) is 26.8 Å². The Morgan fingerprint density at radius 3 is 2.60 bits per heavy atom. The third-order valence-corrected chi connectivity index (χ3v) is 3.73. The lowest BCUT2D eigenvalue weighted by Crippen LogP contribution is -2.33. The van der Waals surface area contributed by atoms with Gasteiger partial charge in [0.05, 0.1) is 11.6 Å². The molecule has 0 fully saturated rings. The van der Waals surface area contributed by atoms with Gasteiger partial charge in [0.2, 0.25) is 0 Å². The van der Waals surface area contributed by atoms with Crippen LogP contribution in [0.25, 0.3) is 0 Å². The van der Waals surface area contributed by atoms with Gasteiger partial charge in [-0.25, -0.2) is 19.7 Å². The molecular formula is C16H21N5O3S. The van der Waals surface area contributed by atoms with E-state index in [0.717, 1.165) is 5.01 Å². The van der Waals surface area contributed by atoms with Crippen LogP contribution >= 0.6 is 11.3 Å². The number of carbonyl (C=O) groups is 2. The second-order valence-corrected chi connectivity index (χ2v) is 7.10. The van der Waals surface area contributed by atoms with E-state index in [1.165, 1.54) is 11.3 Å². The Morgan fingerprint density at radius 1 is 1.20 bits per heavy atom. The first-order chi connectivity index (χ1) is 11.8. The number of nitrogens with zero attached hydrogens (tertiary/aromatic N) is 3. The van der Waals surface area contributed by atoms with Crippen LogP contribution in [0.15, 0.2) is 23.8 Å². The monoisotopic (exact) mass is 363 g/mol. The molecule has 0 spiro atoms. The van der Waals surface area contributed by atoms with Crippen molar-refractivity contribution in [3.05, 3.63) is 40.4 Å². The summed E-state index contributed by atoms with van der Waals surface area (Å²) in [4.78, 5) is 36.0. The smallest absolute Gasteiger partial charge is 0.407 e. The molecule has 0 unspecified atom stereocenters. The van der Waals surface area contributed by atoms with Crippen LogP contribution in [-0.4, -0.2) is 39.1 Å². The van der Waals surface area contributed by atoms with Crippen molar-refractivity contribution in [1.82, 2.24) is 25.6 Å². The average Bonchev–Trinajstić information content (AvgIpc) is 3.01. The van der Waals surface area contributed by atoms with Gasteiger partial charge in [-0.3, -0.25) is 4.79 Å². The number of hydrogen-bond acceptors (Lipinski definition) is 7. The van der Waals surface area contributed by atoms with E-state index in [1.807, 2.05) is 0 Å². The molecule has 0 saturated heterocycles. The molecule has 0 aliphatic heterocycles. The summed E-state index contributed by atoms with van der Waals surface area (Å²) >= 11 is 1.37. The maximum Gasteiger partial charge on any atom is 0.407 e. The quantitative estimate of drug-likeness (QED) is 0.812. The Labute approximate surface area is 150 Å². The summed E-state index contributed by atoms with van der Waals surface area (Å²) in [6, 6.07) is 1.71. The molecule has 0 saturated carbocycles. The lowest BCUT2D eigenvalue weighted by molar-refractivity contribution is 0.0528. The normalized spacial score (nSPS) is 11.0. The summed E-state index contributed by atoms with van der Waals surface area (Å²) in [5.74, 6) is 0.253. The van der Waals surface area contributed by atoms with Crippen molar-refractivity contribution in [2.24, 2.45) is 0 Å². The van der Waals surface area contributed by atoms with Crippen LogP contribution in [0.2, 0.25) is 0 Å². The topological polar surface area (TPSA) is 106 Å². The summed E-state index contributed by atoms with van der Waals surface area (Å²) in [5.41, 5.74) is -0.188. The first-order valence-corrected chi connectivity index (χ1v) is 8.67. The van der Waals surface area contributed by atoms with Gasteiger partial charge in [-0.2, -0.15) is 0 Å². The molecule has 2 aromatic rings. The Hall–Kier alpha value is -2.55. The van der Waals surface area contributed by atoms with Crippen molar-refractivity contribution in [1.29, 1.82) is 0 Å². The van der Waals surface area contributed by atoms with Crippen molar-refractivity contribution in [3.63, 3.8) is 0 Å². The van der Waals surface area contributed by atoms with Crippen LogP contribution < -0.4 is 10.6 Å². The largest absolute Gasteiger partial charge is 0.444 e. The van der Waals surface area contributed by atoms with Gasteiger partial charge in [0.25, 0.3) is 5.91 Å². The molecule has 2 rings (SSSR count). The molecule has 2 N–H and O–H groups in total. The van der Waals surface area contributed by atoms with E-state index < -0.39 is 11.7 Å². The van der Waals surface area contributed by atoms with E-state index >= 15 is 0 Å². The van der Waals surface area contributed by atoms with Crippen molar-refractivity contribution in [3.8, 4) is 0 Å². The van der Waals surface area contributed by atoms with E-state index in [4.69, 9.17) is 4.74 Å². The second kappa shape index (κ2) is 8.52. The number of rotatable bonds is 6. The van der Waals surface area contributed by atoms with Crippen LogP contribution in [-0.2, 0) is 17.7 Å². The Morgan fingerprint density at radius 2 is 1.92 bits per heavy atom. The molecule has 0 atom stereocenters. The van der Waals surface area contributed by atoms with Crippen molar-refractivity contribution >= 4 is 23.3 Å². The molecule has 134 valence electrons. The molecule has 0 aliphatic carbocycles. The van der Waals surface area contributed by atoms with Gasteiger partial charge in [0.1, 0.15) is 17.1 Å². The average molecular weight is 363 g/mol. The van der Waals surface area contributed by atoms with Crippen LogP contribution in [0, 0.1) is 0 Å². The summed E-state index contributed by atoms with van der Waals surface area (Å²) < 4.78 is 5.15. The molecule has 0 aromatic carbocycles. The predicted octanol–water partition coefficient (Wildman–Crippen LogP) is 1.93. The van der Waals surface area contributed by atoms with Gasteiger partial charge in [-0.15, -0.1) is 11.3 Å². The number of amides is 2. The highest BCUT2D eigenvalue weighted by molar-refractivity contribution is 7.09. The second-order valence-electron chi connectivity index (χ2n) is 6.15. The van der Waals surface area contributed by atoms with E-state index in [0.29, 0.717) is 24.5 Å². The van der Waals surface area contributed by atoms with Crippen molar-refractivity contribution in [2.45, 2.75) is 39.3 Å². The number of hydrogen-bond donors (Lipinski definition) is 2. The molecule has 0 radical (unpaired) electrons. The fourth-order valence-electron chi connectivity index (χ4n) is 1.79. The molecule has 0 aliphatic rings. The number of thiazole rings is 1. The zero-order valence-electron chi connectivity index (χ0n) is 14.4. The van der Waals surface area contributed by atoms with Gasteiger partial charge in [0.15, 0.2) is 0 Å². The molecule has 2 heterocycles. The summed E-state index contributed by atoms with van der Waals surface area (Å²) in [6.07, 6.45) is 3.30. The lowest BCUT2D eigenvalue weighted by Gasteiger charge is -2.19. The summed E-state index contributed by atoms with van der Waals surface area (Å²) in [7, 11) is 0. The fourth-order valence-corrected chi connectivity index (χ4v) is 2.57. The van der Waals surface area contributed by atoms with Crippen LogP contribution in [0.1, 0.15) is 42.1 Å². The number of aromatic nitrogens is 3. The van der Waals surface area contributed by atoms with Gasteiger partial charge in [-0.1, -0.05) is 0 Å². The first kappa shape index (κ1) is 18.8. The van der Waals surface area contributed by atoms with Gasteiger partial charge < -0.3 is 15.4 Å². The first-order valence-electron chi connectivity index (χ1n) is 7.79. The SMILES string of the molecule is CC(C)(C)OC(=O)NCCc1nc(C(=O)NCc2ncccn2)cs1. The standard InChI is InChI=1S/C16H21N5O3S/c1-16(2,3)24-15(23)19-8-5-13-21-11(10-25-13)14(22)20-9-12-17-6-4-7-18-12/h4,6-7,10H,5,8-9H2,1-3H3,(H,19,23)(H,20,22). The third kappa shape index (κ3) is 6.84. The molecule has 0 bridgehead atoms. The summed E-state index contributed by atoms with van der Waals surface area (Å²) in [5, 5.41) is 7.83. The zero-order chi connectivity index (χ0) is 18.3. The maximum atomic E-state index is 12.1. The Kier molecular flexibility index (Phi) is 6.40. The number of alkyl carbamates (subject to hydrolysis) is 1. The summed E-state index contributed by atoms with van der Waals surface area (Å²) in [6.45, 7) is 6.05. The predicted molar refractivity (Wildman–Crippen MR) is 93.3 cm³/mol. The third-order valence-electron chi connectivity index (χ3n) is 2.82. The van der Waals surface area contributed by atoms with Crippen molar-refractivity contribution < 1.29 is 14.3 Å². The van der Waals surface area contributed by atoms with E-state index in [1.54, 1.807) is 44.6 Å². The Balaban J connectivity index is 1.75. The Bertz CT molecular complexity index is 712. The molecule has 8 nitrogen and oxygen atoms in total. The van der Waals surface area contributed by atoms with Crippen LogP contribution in [0.3, 0.4) is 0 Å². The number of ether oxygens (including phenoxy) is 1. The lowest BCUT2D eigenvalue weighted by atomic mass is 10.2. The molecular weight excluding hydrogens is 342 g/mol. The number of nitrogens with one attached hydrogen (secondary N) is 2. The minimum absolute atomic E-state index is 0.243. The molecule has 25 heavy (non-hydrogen) atoms. The molecule has 2 aromatic heterocycles. The fraction of sp³-hybridized carbons (Fsp3) is 0.438. The van der Waals surface area contributed by atoms with E-state index in [2.05, 4.69) is 25.6 Å². The van der Waals surface area contributed by atoms with E-state index in [9.17, 15) is 9.59 Å². The van der Waals surface area contributed by atoms with E-state index in [-0.39, 0.29) is 12.5 Å². The zero-order valence-corrected chi connectivity index (χ0v) is 15.2. The van der Waals surface area contributed by atoms with Crippen LogP contribution in [0.4, 0.5) is 4.79 Å². The minimum atomic E-state index is -0.529. The molecule has 2 amide bonds. The molecule has 9 heteroatoms. The minimum Gasteiger partial charge on any atom is -0.444 e. The maximum absolute atomic E-state index is 12.1. The highest BCUT2D eigenvalue weighted by Crippen LogP contribution is 2.11. The van der Waals surface area contributed by atoms with Crippen molar-refractivity contribution in [2.75, 3.05) is 6.54 Å². The van der Waals surface area contributed by atoms with Gasteiger partial charge >= 0.3 is 6.09 Å². The number of carbonyl (C=O) groups excluding carboxylic acids is 2. The van der Waals surface area contributed by atoms with Crippen LogP contribution in [0.5, 0.6) is 0 Å². The van der Waals surface area contributed by atoms with Gasteiger partial charge in [0, 0.05) is 30.7 Å².